The molecule has 10 heteroatoms. The highest BCUT2D eigenvalue weighted by molar-refractivity contribution is 7.22. The van der Waals surface area contributed by atoms with Crippen molar-refractivity contribution in [2.45, 2.75) is 6.42 Å². The first-order valence-corrected chi connectivity index (χ1v) is 10.9. The zero-order valence-electron chi connectivity index (χ0n) is 16.7. The second-order valence-electron chi connectivity index (χ2n) is 7.25. The quantitative estimate of drug-likeness (QED) is 0.423. The number of aromatic nitrogens is 4. The van der Waals surface area contributed by atoms with E-state index in [1.807, 2.05) is 30.3 Å². The van der Waals surface area contributed by atoms with Crippen LogP contribution in [0.15, 0.2) is 63.6 Å². The number of furan rings is 1. The Kier molecular flexibility index (Phi) is 4.43. The van der Waals surface area contributed by atoms with Gasteiger partial charge in [-0.2, -0.15) is 4.98 Å². The summed E-state index contributed by atoms with van der Waals surface area (Å²) in [5.74, 6) is 0.244. The van der Waals surface area contributed by atoms with Crippen LogP contribution >= 0.6 is 11.3 Å². The van der Waals surface area contributed by atoms with Crippen LogP contribution in [0.25, 0.3) is 33.3 Å². The van der Waals surface area contributed by atoms with Gasteiger partial charge in [0.25, 0.3) is 11.8 Å². The third-order valence-electron chi connectivity index (χ3n) is 5.17. The van der Waals surface area contributed by atoms with Gasteiger partial charge >= 0.3 is 6.01 Å². The van der Waals surface area contributed by atoms with Crippen LogP contribution in [0.3, 0.4) is 0 Å². The van der Waals surface area contributed by atoms with Crippen LogP contribution in [0.5, 0.6) is 0 Å². The molecule has 0 bridgehead atoms. The van der Waals surface area contributed by atoms with E-state index in [4.69, 9.17) is 18.8 Å². The lowest BCUT2D eigenvalue weighted by atomic mass is 10.1. The van der Waals surface area contributed by atoms with E-state index >= 15 is 0 Å². The monoisotopic (exact) mass is 444 g/mol. The number of benzene rings is 1. The Morgan fingerprint density at radius 2 is 1.94 bits per heavy atom. The van der Waals surface area contributed by atoms with E-state index in [1.165, 1.54) is 17.6 Å². The van der Waals surface area contributed by atoms with Gasteiger partial charge in [0, 0.05) is 18.7 Å². The first-order chi connectivity index (χ1) is 15.7. The molecule has 5 aromatic rings. The number of thiazole rings is 1. The molecule has 0 atom stereocenters. The standard InChI is InChI=1S/C22H16N6O3S/c29-19(25-21-27-26-20(31-21)16-8-4-11-30-16)14-12-15(13-6-2-1-3-7-13)23-18-17(14)32-22(24-18)28-9-5-10-28/h1-4,6-8,11-12H,5,9-10H2,(H,25,27,29). The lowest BCUT2D eigenvalue weighted by Gasteiger charge is -2.30. The van der Waals surface area contributed by atoms with Crippen LogP contribution in [0.4, 0.5) is 11.1 Å². The SMILES string of the molecule is O=C(Nc1nnc(-c2ccco2)o1)c1cc(-c2ccccc2)nc2nc(N3CCC3)sc12. The first kappa shape index (κ1) is 18.7. The van der Waals surface area contributed by atoms with Crippen molar-refractivity contribution < 1.29 is 13.6 Å². The Morgan fingerprint density at radius 3 is 2.69 bits per heavy atom. The number of anilines is 2. The number of amides is 1. The molecule has 0 saturated carbocycles. The molecular weight excluding hydrogens is 428 g/mol. The van der Waals surface area contributed by atoms with E-state index in [1.54, 1.807) is 18.2 Å². The van der Waals surface area contributed by atoms with E-state index in [0.29, 0.717) is 22.7 Å². The predicted molar refractivity (Wildman–Crippen MR) is 120 cm³/mol. The predicted octanol–water partition coefficient (Wildman–Crippen LogP) is 4.46. The number of rotatable bonds is 5. The van der Waals surface area contributed by atoms with Gasteiger partial charge in [-0.3, -0.25) is 10.1 Å². The molecule has 6 rings (SSSR count). The van der Waals surface area contributed by atoms with Crippen LogP contribution in [-0.4, -0.2) is 39.2 Å². The average molecular weight is 444 g/mol. The normalized spacial score (nSPS) is 13.3. The molecule has 0 spiro atoms. The summed E-state index contributed by atoms with van der Waals surface area (Å²) >= 11 is 1.46. The first-order valence-electron chi connectivity index (χ1n) is 10.1. The van der Waals surface area contributed by atoms with Crippen molar-refractivity contribution >= 4 is 38.7 Å². The van der Waals surface area contributed by atoms with Gasteiger partial charge in [0.2, 0.25) is 0 Å². The molecule has 0 aliphatic carbocycles. The summed E-state index contributed by atoms with van der Waals surface area (Å²) in [4.78, 5) is 24.9. The summed E-state index contributed by atoms with van der Waals surface area (Å²) in [6, 6.07) is 14.9. The molecule has 32 heavy (non-hydrogen) atoms. The molecule has 0 unspecified atom stereocenters. The fourth-order valence-corrected chi connectivity index (χ4v) is 4.48. The van der Waals surface area contributed by atoms with Gasteiger partial charge in [0.15, 0.2) is 16.5 Å². The molecule has 1 aliphatic heterocycles. The molecular formula is C22H16N6O3S. The highest BCUT2D eigenvalue weighted by atomic mass is 32.1. The van der Waals surface area contributed by atoms with Gasteiger partial charge < -0.3 is 13.7 Å². The van der Waals surface area contributed by atoms with Crippen LogP contribution < -0.4 is 10.2 Å². The molecule has 5 heterocycles. The molecule has 158 valence electrons. The Morgan fingerprint density at radius 1 is 1.06 bits per heavy atom. The van der Waals surface area contributed by atoms with Gasteiger partial charge in [0.1, 0.15) is 0 Å². The number of hydrogen-bond donors (Lipinski definition) is 1. The largest absolute Gasteiger partial charge is 0.459 e. The van der Waals surface area contributed by atoms with Crippen molar-refractivity contribution in [3.8, 4) is 22.9 Å². The summed E-state index contributed by atoms with van der Waals surface area (Å²) < 4.78 is 11.5. The van der Waals surface area contributed by atoms with Crippen molar-refractivity contribution in [2.24, 2.45) is 0 Å². The number of carbonyl (C=O) groups is 1. The van der Waals surface area contributed by atoms with E-state index in [0.717, 1.165) is 34.9 Å². The van der Waals surface area contributed by atoms with Crippen LogP contribution in [0.1, 0.15) is 16.8 Å². The molecule has 9 nitrogen and oxygen atoms in total. The van der Waals surface area contributed by atoms with E-state index < -0.39 is 0 Å². The zero-order chi connectivity index (χ0) is 21.5. The van der Waals surface area contributed by atoms with Crippen LogP contribution in [-0.2, 0) is 0 Å². The lowest BCUT2D eigenvalue weighted by molar-refractivity contribution is 0.102. The molecule has 4 aromatic heterocycles. The van der Waals surface area contributed by atoms with Gasteiger partial charge in [-0.05, 0) is 24.6 Å². The smallest absolute Gasteiger partial charge is 0.322 e. The summed E-state index contributed by atoms with van der Waals surface area (Å²) in [5.41, 5.74) is 2.58. The number of nitrogens with one attached hydrogen (secondary N) is 1. The van der Waals surface area contributed by atoms with Crippen molar-refractivity contribution in [3.63, 3.8) is 0 Å². The van der Waals surface area contributed by atoms with E-state index in [2.05, 4.69) is 20.4 Å². The van der Waals surface area contributed by atoms with Gasteiger partial charge in [-0.1, -0.05) is 46.8 Å². The Labute approximate surface area is 185 Å². The third kappa shape index (κ3) is 3.30. The van der Waals surface area contributed by atoms with Crippen molar-refractivity contribution in [1.29, 1.82) is 0 Å². The molecule has 1 amide bonds. The van der Waals surface area contributed by atoms with Crippen molar-refractivity contribution in [2.75, 3.05) is 23.3 Å². The summed E-state index contributed by atoms with van der Waals surface area (Å²) in [5, 5.41) is 11.4. The van der Waals surface area contributed by atoms with Crippen molar-refractivity contribution in [1.82, 2.24) is 20.2 Å². The lowest BCUT2D eigenvalue weighted by Crippen LogP contribution is -2.36. The number of pyridine rings is 1. The molecule has 1 N–H and O–H groups in total. The fraction of sp³-hybridized carbons (Fsp3) is 0.136. The summed E-state index contributed by atoms with van der Waals surface area (Å²) in [7, 11) is 0. The van der Waals surface area contributed by atoms with Crippen LogP contribution in [0.2, 0.25) is 0 Å². The van der Waals surface area contributed by atoms with Gasteiger partial charge in [0.05, 0.1) is 22.2 Å². The Hall–Kier alpha value is -4.05. The molecule has 1 fully saturated rings. The zero-order valence-corrected chi connectivity index (χ0v) is 17.5. The topological polar surface area (TPSA) is 110 Å². The minimum absolute atomic E-state index is 0.0138. The molecule has 0 radical (unpaired) electrons. The van der Waals surface area contributed by atoms with Gasteiger partial charge in [-0.15, -0.1) is 5.10 Å². The maximum atomic E-state index is 13.2. The summed E-state index contributed by atoms with van der Waals surface area (Å²) in [6.07, 6.45) is 2.65. The number of fused-ring (bicyclic) bond motifs is 1. The highest BCUT2D eigenvalue weighted by Crippen LogP contribution is 2.35. The molecule has 1 aromatic carbocycles. The summed E-state index contributed by atoms with van der Waals surface area (Å²) in [6.45, 7) is 1.93. The highest BCUT2D eigenvalue weighted by Gasteiger charge is 2.24. The minimum Gasteiger partial charge on any atom is -0.459 e. The maximum Gasteiger partial charge on any atom is 0.322 e. The Balaban J connectivity index is 1.39. The van der Waals surface area contributed by atoms with Crippen LogP contribution in [0, 0.1) is 0 Å². The van der Waals surface area contributed by atoms with E-state index in [9.17, 15) is 4.79 Å². The van der Waals surface area contributed by atoms with Gasteiger partial charge in [-0.25, -0.2) is 4.98 Å². The number of carbonyl (C=O) groups excluding carboxylic acids is 1. The van der Waals surface area contributed by atoms with Crippen molar-refractivity contribution in [3.05, 3.63) is 60.4 Å². The third-order valence-corrected chi connectivity index (χ3v) is 6.31. The average Bonchev–Trinajstić information content (AvgIpc) is 3.52. The fourth-order valence-electron chi connectivity index (χ4n) is 3.41. The second kappa shape index (κ2) is 7.57. The second-order valence-corrected chi connectivity index (χ2v) is 8.23. The Bertz CT molecular complexity index is 1410. The number of hydrogen-bond acceptors (Lipinski definition) is 9. The molecule has 1 aliphatic rings. The van der Waals surface area contributed by atoms with E-state index in [-0.39, 0.29) is 17.8 Å². The number of nitrogens with zero attached hydrogens (tertiary/aromatic N) is 5. The molecule has 1 saturated heterocycles. The maximum absolute atomic E-state index is 13.2. The minimum atomic E-state index is -0.372.